The lowest BCUT2D eigenvalue weighted by atomic mass is 10.1. The molecule has 0 amide bonds. The van der Waals surface area contributed by atoms with Gasteiger partial charge in [0, 0.05) is 0 Å². The van der Waals surface area contributed by atoms with E-state index in [0.717, 1.165) is 31.6 Å². The first kappa shape index (κ1) is 17.8. The summed E-state index contributed by atoms with van der Waals surface area (Å²) < 4.78 is 5.81. The van der Waals surface area contributed by atoms with Crippen LogP contribution in [-0.4, -0.2) is 6.61 Å². The molecule has 0 aromatic heterocycles. The lowest BCUT2D eigenvalue weighted by Gasteiger charge is -2.07. The highest BCUT2D eigenvalue weighted by Crippen LogP contribution is 2.16. The van der Waals surface area contributed by atoms with Crippen LogP contribution in [0.15, 0.2) is 35.9 Å². The summed E-state index contributed by atoms with van der Waals surface area (Å²) in [7, 11) is 0. The molecule has 0 unspecified atom stereocenters. The molecule has 0 aliphatic carbocycles. The van der Waals surface area contributed by atoms with Gasteiger partial charge in [-0.05, 0) is 56.7 Å². The highest BCUT2D eigenvalue weighted by Gasteiger charge is 1.97. The normalized spacial score (nSPS) is 11.7. The second-order valence-corrected chi connectivity index (χ2v) is 5.90. The third-order valence-electron chi connectivity index (χ3n) is 3.77. The van der Waals surface area contributed by atoms with Crippen LogP contribution >= 0.6 is 0 Å². The summed E-state index contributed by atoms with van der Waals surface area (Å²) in [5.74, 6) is 1.02. The van der Waals surface area contributed by atoms with Crippen molar-refractivity contribution in [2.45, 2.75) is 72.1 Å². The molecule has 1 nitrogen and oxygen atoms in total. The van der Waals surface area contributed by atoms with Gasteiger partial charge in [-0.1, -0.05) is 56.9 Å². The van der Waals surface area contributed by atoms with Crippen LogP contribution in [0.3, 0.4) is 0 Å². The van der Waals surface area contributed by atoms with Crippen molar-refractivity contribution < 1.29 is 4.74 Å². The van der Waals surface area contributed by atoms with Gasteiger partial charge in [0.25, 0.3) is 0 Å². The topological polar surface area (TPSA) is 9.23 Å². The van der Waals surface area contributed by atoms with E-state index in [9.17, 15) is 0 Å². The summed E-state index contributed by atoms with van der Waals surface area (Å²) >= 11 is 0. The van der Waals surface area contributed by atoms with Crippen LogP contribution in [-0.2, 0) is 6.42 Å². The summed E-state index contributed by atoms with van der Waals surface area (Å²) in [6.45, 7) is 7.56. The van der Waals surface area contributed by atoms with Crippen LogP contribution in [0.5, 0.6) is 5.75 Å². The van der Waals surface area contributed by atoms with Crippen LogP contribution in [0.1, 0.15) is 71.3 Å². The zero-order chi connectivity index (χ0) is 15.3. The summed E-state index contributed by atoms with van der Waals surface area (Å²) in [5, 5.41) is 0. The van der Waals surface area contributed by atoms with Crippen molar-refractivity contribution in [1.29, 1.82) is 0 Å². The van der Waals surface area contributed by atoms with Gasteiger partial charge in [-0.25, -0.2) is 0 Å². The zero-order valence-corrected chi connectivity index (χ0v) is 14.2. The Morgan fingerprint density at radius 2 is 1.90 bits per heavy atom. The van der Waals surface area contributed by atoms with Crippen molar-refractivity contribution in [1.82, 2.24) is 0 Å². The Morgan fingerprint density at radius 3 is 2.67 bits per heavy atom. The van der Waals surface area contributed by atoms with Gasteiger partial charge in [0.05, 0.1) is 6.61 Å². The van der Waals surface area contributed by atoms with E-state index in [1.165, 1.54) is 43.2 Å². The fourth-order valence-electron chi connectivity index (χ4n) is 2.38. The van der Waals surface area contributed by atoms with Gasteiger partial charge >= 0.3 is 0 Å². The maximum atomic E-state index is 5.81. The lowest BCUT2D eigenvalue weighted by molar-refractivity contribution is 0.306. The summed E-state index contributed by atoms with van der Waals surface area (Å²) in [4.78, 5) is 0. The van der Waals surface area contributed by atoms with Gasteiger partial charge < -0.3 is 4.74 Å². The maximum absolute atomic E-state index is 5.81. The van der Waals surface area contributed by atoms with E-state index in [-0.39, 0.29) is 0 Å². The molecular formula is C20H32O. The number of ether oxygens (including phenoxy) is 1. The summed E-state index contributed by atoms with van der Waals surface area (Å²) in [6.07, 6.45) is 12.1. The predicted molar refractivity (Wildman–Crippen MR) is 93.1 cm³/mol. The highest BCUT2D eigenvalue weighted by molar-refractivity contribution is 5.28. The number of aryl methyl sites for hydroxylation is 1. The van der Waals surface area contributed by atoms with Gasteiger partial charge in [0.2, 0.25) is 0 Å². The van der Waals surface area contributed by atoms with Crippen molar-refractivity contribution >= 4 is 0 Å². The number of benzene rings is 1. The Labute approximate surface area is 131 Å². The van der Waals surface area contributed by atoms with E-state index < -0.39 is 0 Å². The summed E-state index contributed by atoms with van der Waals surface area (Å²) in [6, 6.07) is 8.57. The standard InChI is InChI=1S/C20H32O/c1-4-6-8-16-21-20-15-10-14-19(17-20)13-9-12-18(3)11-7-5-2/h10,12,14-15,17H,4-9,11,13,16H2,1-3H3. The predicted octanol–water partition coefficient (Wildman–Crippen LogP) is 6.32. The largest absolute Gasteiger partial charge is 0.494 e. The van der Waals surface area contributed by atoms with E-state index in [1.54, 1.807) is 0 Å². The number of unbranched alkanes of at least 4 members (excludes halogenated alkanes) is 3. The van der Waals surface area contributed by atoms with Gasteiger partial charge in [-0.15, -0.1) is 0 Å². The monoisotopic (exact) mass is 288 g/mol. The molecule has 0 saturated heterocycles. The molecule has 0 saturated carbocycles. The van der Waals surface area contributed by atoms with Crippen molar-refractivity contribution in [3.8, 4) is 5.75 Å². The molecule has 1 aromatic rings. The SMILES string of the molecule is CCCCCOc1cccc(CCC=C(C)CCCC)c1. The van der Waals surface area contributed by atoms with Gasteiger partial charge in [0.15, 0.2) is 0 Å². The molecule has 21 heavy (non-hydrogen) atoms. The molecule has 0 N–H and O–H groups in total. The molecule has 1 aromatic carbocycles. The minimum absolute atomic E-state index is 0.841. The molecule has 118 valence electrons. The van der Waals surface area contributed by atoms with Crippen molar-refractivity contribution in [2.24, 2.45) is 0 Å². The third kappa shape index (κ3) is 8.60. The molecule has 1 heteroatoms. The van der Waals surface area contributed by atoms with Crippen LogP contribution in [0.25, 0.3) is 0 Å². The van der Waals surface area contributed by atoms with Crippen molar-refractivity contribution in [3.63, 3.8) is 0 Å². The van der Waals surface area contributed by atoms with E-state index in [0.29, 0.717) is 0 Å². The second kappa shape index (κ2) is 11.4. The van der Waals surface area contributed by atoms with E-state index in [2.05, 4.69) is 51.1 Å². The zero-order valence-electron chi connectivity index (χ0n) is 14.2. The molecule has 0 radical (unpaired) electrons. The molecule has 0 fully saturated rings. The average molecular weight is 288 g/mol. The molecule has 0 spiro atoms. The lowest BCUT2D eigenvalue weighted by Crippen LogP contribution is -1.97. The Hall–Kier alpha value is -1.24. The Balaban J connectivity index is 2.35. The molecule has 0 bridgehead atoms. The first-order chi connectivity index (χ1) is 10.3. The number of rotatable bonds is 11. The first-order valence-corrected chi connectivity index (χ1v) is 8.63. The fourth-order valence-corrected chi connectivity index (χ4v) is 2.38. The number of hydrogen-bond acceptors (Lipinski definition) is 1. The Kier molecular flexibility index (Phi) is 9.69. The minimum Gasteiger partial charge on any atom is -0.494 e. The average Bonchev–Trinajstić information content (AvgIpc) is 2.50. The Bertz CT molecular complexity index is 406. The van der Waals surface area contributed by atoms with Crippen molar-refractivity contribution in [3.05, 3.63) is 41.5 Å². The van der Waals surface area contributed by atoms with Gasteiger partial charge in [-0.3, -0.25) is 0 Å². The number of allylic oxidation sites excluding steroid dienone is 2. The molecule has 1 rings (SSSR count). The van der Waals surface area contributed by atoms with E-state index in [1.807, 2.05) is 0 Å². The smallest absolute Gasteiger partial charge is 0.119 e. The van der Waals surface area contributed by atoms with Crippen LogP contribution in [0, 0.1) is 0 Å². The fraction of sp³-hybridized carbons (Fsp3) is 0.600. The minimum atomic E-state index is 0.841. The first-order valence-electron chi connectivity index (χ1n) is 8.63. The van der Waals surface area contributed by atoms with Gasteiger partial charge in [0.1, 0.15) is 5.75 Å². The molecular weight excluding hydrogens is 256 g/mol. The number of hydrogen-bond donors (Lipinski definition) is 0. The van der Waals surface area contributed by atoms with E-state index >= 15 is 0 Å². The Morgan fingerprint density at radius 1 is 1.10 bits per heavy atom. The second-order valence-electron chi connectivity index (χ2n) is 5.90. The molecule has 0 heterocycles. The van der Waals surface area contributed by atoms with Crippen LogP contribution in [0.2, 0.25) is 0 Å². The molecule has 0 atom stereocenters. The third-order valence-corrected chi connectivity index (χ3v) is 3.77. The van der Waals surface area contributed by atoms with Gasteiger partial charge in [-0.2, -0.15) is 0 Å². The van der Waals surface area contributed by atoms with Crippen LogP contribution in [0.4, 0.5) is 0 Å². The van der Waals surface area contributed by atoms with E-state index in [4.69, 9.17) is 4.74 Å². The highest BCUT2D eigenvalue weighted by atomic mass is 16.5. The van der Waals surface area contributed by atoms with Crippen LogP contribution < -0.4 is 4.74 Å². The van der Waals surface area contributed by atoms with Crippen molar-refractivity contribution in [2.75, 3.05) is 6.61 Å². The molecule has 0 aliphatic heterocycles. The quantitative estimate of drug-likeness (QED) is 0.342. The maximum Gasteiger partial charge on any atom is 0.119 e. The summed E-state index contributed by atoms with van der Waals surface area (Å²) in [5.41, 5.74) is 2.91. The molecule has 0 aliphatic rings.